The van der Waals surface area contributed by atoms with Crippen LogP contribution in [0.1, 0.15) is 46.5 Å². The van der Waals surface area contributed by atoms with Crippen molar-refractivity contribution in [2.45, 2.75) is 52.6 Å². The molecule has 1 aliphatic carbocycles. The minimum Gasteiger partial charge on any atom is -0.462 e. The van der Waals surface area contributed by atoms with E-state index in [4.69, 9.17) is 4.74 Å². The Hall–Kier alpha value is -0.530. The minimum absolute atomic E-state index is 0.00495. The highest BCUT2D eigenvalue weighted by atomic mass is 16.5. The standard InChI is InChI=1S/C12H20O2/c1-8-4-5-9-10(6-8)14-11(13)7-12(9,2)3/h8-10H,4-7H2,1-3H3/t8-,9-,10+/m1/s1. The van der Waals surface area contributed by atoms with E-state index < -0.39 is 0 Å². The van der Waals surface area contributed by atoms with E-state index in [0.29, 0.717) is 12.3 Å². The number of carbonyl (C=O) groups is 1. The monoisotopic (exact) mass is 196 g/mol. The molecule has 80 valence electrons. The van der Waals surface area contributed by atoms with E-state index in [2.05, 4.69) is 20.8 Å². The lowest BCUT2D eigenvalue weighted by Gasteiger charge is -2.46. The molecule has 1 saturated carbocycles. The minimum atomic E-state index is 0.00495. The molecule has 1 saturated heterocycles. The van der Waals surface area contributed by atoms with Gasteiger partial charge in [-0.1, -0.05) is 27.2 Å². The predicted molar refractivity (Wildman–Crippen MR) is 54.8 cm³/mol. The molecule has 1 heterocycles. The van der Waals surface area contributed by atoms with E-state index >= 15 is 0 Å². The average molecular weight is 196 g/mol. The van der Waals surface area contributed by atoms with Gasteiger partial charge in [-0.05, 0) is 24.2 Å². The number of hydrogen-bond donors (Lipinski definition) is 0. The topological polar surface area (TPSA) is 26.3 Å². The number of fused-ring (bicyclic) bond motifs is 1. The van der Waals surface area contributed by atoms with Gasteiger partial charge in [0.1, 0.15) is 6.10 Å². The van der Waals surface area contributed by atoms with Gasteiger partial charge in [-0.25, -0.2) is 0 Å². The SMILES string of the molecule is C[C@@H]1CC[C@@H]2[C@H](C1)OC(=O)CC2(C)C. The van der Waals surface area contributed by atoms with Gasteiger partial charge in [-0.2, -0.15) is 0 Å². The van der Waals surface area contributed by atoms with Crippen LogP contribution >= 0.6 is 0 Å². The highest BCUT2D eigenvalue weighted by Gasteiger charge is 2.45. The normalized spacial score (nSPS) is 41.4. The zero-order chi connectivity index (χ0) is 10.3. The molecule has 14 heavy (non-hydrogen) atoms. The first-order chi connectivity index (χ1) is 6.49. The molecule has 0 aromatic rings. The summed E-state index contributed by atoms with van der Waals surface area (Å²) in [7, 11) is 0. The van der Waals surface area contributed by atoms with Crippen molar-refractivity contribution in [2.75, 3.05) is 0 Å². The molecule has 0 bridgehead atoms. The van der Waals surface area contributed by atoms with Crippen LogP contribution in [0.15, 0.2) is 0 Å². The van der Waals surface area contributed by atoms with Gasteiger partial charge >= 0.3 is 5.97 Å². The van der Waals surface area contributed by atoms with Crippen LogP contribution in [0.3, 0.4) is 0 Å². The smallest absolute Gasteiger partial charge is 0.306 e. The number of carbonyl (C=O) groups excluding carboxylic acids is 1. The van der Waals surface area contributed by atoms with Crippen molar-refractivity contribution in [1.29, 1.82) is 0 Å². The lowest BCUT2D eigenvalue weighted by atomic mass is 9.65. The van der Waals surface area contributed by atoms with Crippen LogP contribution in [-0.2, 0) is 9.53 Å². The maximum atomic E-state index is 11.4. The van der Waals surface area contributed by atoms with E-state index in [9.17, 15) is 4.79 Å². The Morgan fingerprint density at radius 1 is 1.36 bits per heavy atom. The molecule has 2 nitrogen and oxygen atoms in total. The zero-order valence-corrected chi connectivity index (χ0v) is 9.38. The Labute approximate surface area is 86.0 Å². The van der Waals surface area contributed by atoms with Crippen molar-refractivity contribution in [3.8, 4) is 0 Å². The second kappa shape index (κ2) is 3.25. The summed E-state index contributed by atoms with van der Waals surface area (Å²) >= 11 is 0. The molecule has 2 heteroatoms. The van der Waals surface area contributed by atoms with E-state index in [1.807, 2.05) is 0 Å². The highest BCUT2D eigenvalue weighted by Crippen LogP contribution is 2.46. The molecule has 2 fully saturated rings. The molecule has 0 radical (unpaired) electrons. The molecule has 0 aromatic carbocycles. The molecule has 0 aromatic heterocycles. The molecule has 1 aliphatic heterocycles. The number of ether oxygens (including phenoxy) is 1. The van der Waals surface area contributed by atoms with Crippen LogP contribution < -0.4 is 0 Å². The van der Waals surface area contributed by atoms with E-state index in [0.717, 1.165) is 12.3 Å². The van der Waals surface area contributed by atoms with Gasteiger partial charge in [0.15, 0.2) is 0 Å². The zero-order valence-electron chi connectivity index (χ0n) is 9.38. The fourth-order valence-electron chi connectivity index (χ4n) is 3.07. The molecule has 2 aliphatic rings. The second-order valence-electron chi connectivity index (χ2n) is 5.72. The molecule has 0 spiro atoms. The van der Waals surface area contributed by atoms with Crippen molar-refractivity contribution in [3.63, 3.8) is 0 Å². The summed E-state index contributed by atoms with van der Waals surface area (Å²) in [6.45, 7) is 6.67. The Balaban J connectivity index is 2.16. The Morgan fingerprint density at radius 3 is 2.79 bits per heavy atom. The summed E-state index contributed by atoms with van der Waals surface area (Å²) < 4.78 is 5.46. The molecular weight excluding hydrogens is 176 g/mol. The largest absolute Gasteiger partial charge is 0.462 e. The molecule has 0 amide bonds. The summed E-state index contributed by atoms with van der Waals surface area (Å²) in [5, 5.41) is 0. The quantitative estimate of drug-likeness (QED) is 0.557. The summed E-state index contributed by atoms with van der Waals surface area (Å²) in [5.41, 5.74) is 0.153. The van der Waals surface area contributed by atoms with Crippen molar-refractivity contribution < 1.29 is 9.53 Å². The fraction of sp³-hybridized carbons (Fsp3) is 0.917. The van der Waals surface area contributed by atoms with Crippen molar-refractivity contribution in [1.82, 2.24) is 0 Å². The third-order valence-electron chi connectivity index (χ3n) is 3.94. The summed E-state index contributed by atoms with van der Waals surface area (Å²) in [5.74, 6) is 1.32. The van der Waals surface area contributed by atoms with Gasteiger partial charge in [0.25, 0.3) is 0 Å². The number of rotatable bonds is 0. The first kappa shape index (κ1) is 10.0. The Morgan fingerprint density at radius 2 is 2.07 bits per heavy atom. The third-order valence-corrected chi connectivity index (χ3v) is 3.94. The van der Waals surface area contributed by atoms with Gasteiger partial charge in [-0.3, -0.25) is 4.79 Å². The second-order valence-corrected chi connectivity index (χ2v) is 5.72. The molecule has 0 N–H and O–H groups in total. The summed E-state index contributed by atoms with van der Waals surface area (Å²) in [6, 6.07) is 0. The van der Waals surface area contributed by atoms with Crippen molar-refractivity contribution in [2.24, 2.45) is 17.3 Å². The summed E-state index contributed by atoms with van der Waals surface area (Å²) in [6.07, 6.45) is 4.39. The van der Waals surface area contributed by atoms with Gasteiger partial charge in [-0.15, -0.1) is 0 Å². The predicted octanol–water partition coefficient (Wildman–Crippen LogP) is 2.76. The van der Waals surface area contributed by atoms with E-state index in [1.54, 1.807) is 0 Å². The fourth-order valence-corrected chi connectivity index (χ4v) is 3.07. The van der Waals surface area contributed by atoms with E-state index in [-0.39, 0.29) is 17.5 Å². The number of hydrogen-bond acceptors (Lipinski definition) is 2. The van der Waals surface area contributed by atoms with Gasteiger partial charge in [0, 0.05) is 5.92 Å². The number of esters is 1. The Bertz CT molecular complexity index is 245. The third kappa shape index (κ3) is 1.67. The molecule has 0 unspecified atom stereocenters. The average Bonchev–Trinajstić information content (AvgIpc) is 2.00. The molecular formula is C12H20O2. The van der Waals surface area contributed by atoms with Crippen molar-refractivity contribution >= 4 is 5.97 Å². The first-order valence-corrected chi connectivity index (χ1v) is 5.68. The first-order valence-electron chi connectivity index (χ1n) is 5.68. The summed E-state index contributed by atoms with van der Waals surface area (Å²) in [4.78, 5) is 11.4. The van der Waals surface area contributed by atoms with E-state index in [1.165, 1.54) is 12.8 Å². The lowest BCUT2D eigenvalue weighted by molar-refractivity contribution is -0.174. The molecule has 3 atom stereocenters. The van der Waals surface area contributed by atoms with Gasteiger partial charge < -0.3 is 4.74 Å². The lowest BCUT2D eigenvalue weighted by Crippen LogP contribution is -2.46. The van der Waals surface area contributed by atoms with Gasteiger partial charge in [0.2, 0.25) is 0 Å². The van der Waals surface area contributed by atoms with Crippen molar-refractivity contribution in [3.05, 3.63) is 0 Å². The van der Waals surface area contributed by atoms with Crippen LogP contribution in [0.25, 0.3) is 0 Å². The molecule has 2 rings (SSSR count). The van der Waals surface area contributed by atoms with Crippen LogP contribution in [0.5, 0.6) is 0 Å². The van der Waals surface area contributed by atoms with Crippen LogP contribution in [0.4, 0.5) is 0 Å². The van der Waals surface area contributed by atoms with Crippen LogP contribution in [-0.4, -0.2) is 12.1 Å². The maximum Gasteiger partial charge on any atom is 0.306 e. The van der Waals surface area contributed by atoms with Gasteiger partial charge in [0.05, 0.1) is 6.42 Å². The van der Waals surface area contributed by atoms with Crippen LogP contribution in [0.2, 0.25) is 0 Å². The Kier molecular flexibility index (Phi) is 2.32. The maximum absolute atomic E-state index is 11.4. The van der Waals surface area contributed by atoms with Crippen LogP contribution in [0, 0.1) is 17.3 Å². The highest BCUT2D eigenvalue weighted by molar-refractivity contribution is 5.71.